The summed E-state index contributed by atoms with van der Waals surface area (Å²) in [7, 11) is 0. The summed E-state index contributed by atoms with van der Waals surface area (Å²) in [5.41, 5.74) is -0.563. The Balaban J connectivity index is 1.35. The van der Waals surface area contributed by atoms with Crippen LogP contribution >= 0.6 is 0 Å². The molecule has 1 aromatic heterocycles. The fourth-order valence-electron chi connectivity index (χ4n) is 5.11. The van der Waals surface area contributed by atoms with Gasteiger partial charge in [-0.2, -0.15) is 5.10 Å². The van der Waals surface area contributed by atoms with E-state index in [4.69, 9.17) is 0 Å². The number of rotatable bonds is 4. The smallest absolute Gasteiger partial charge is 0.250 e. The van der Waals surface area contributed by atoms with Crippen LogP contribution in [0.25, 0.3) is 0 Å². The quantitative estimate of drug-likeness (QED) is 0.823. The zero-order valence-electron chi connectivity index (χ0n) is 16.7. The van der Waals surface area contributed by atoms with E-state index < -0.39 is 5.54 Å². The molecule has 28 heavy (non-hydrogen) atoms. The van der Waals surface area contributed by atoms with Gasteiger partial charge in [-0.1, -0.05) is 19.3 Å². The van der Waals surface area contributed by atoms with Crippen LogP contribution in [0.4, 0.5) is 0 Å². The molecule has 7 nitrogen and oxygen atoms in total. The summed E-state index contributed by atoms with van der Waals surface area (Å²) in [6, 6.07) is 2.09. The number of piperidine rings is 2. The Morgan fingerprint density at radius 1 is 1.04 bits per heavy atom. The molecule has 1 aliphatic carbocycles. The van der Waals surface area contributed by atoms with Crippen molar-refractivity contribution in [2.75, 3.05) is 26.2 Å². The summed E-state index contributed by atoms with van der Waals surface area (Å²) in [5, 5.41) is 11.0. The Labute approximate surface area is 167 Å². The molecular weight excluding hydrogens is 354 g/mol. The van der Waals surface area contributed by atoms with Gasteiger partial charge in [0.2, 0.25) is 5.91 Å². The lowest BCUT2D eigenvalue weighted by atomic mass is 9.86. The van der Waals surface area contributed by atoms with Crippen molar-refractivity contribution in [2.45, 2.75) is 69.4 Å². The molecule has 3 heterocycles. The molecule has 3 aliphatic rings. The highest BCUT2D eigenvalue weighted by Crippen LogP contribution is 2.31. The van der Waals surface area contributed by atoms with E-state index in [1.807, 2.05) is 21.8 Å². The first-order valence-electron chi connectivity index (χ1n) is 11.0. The molecule has 4 rings (SSSR count). The second-order valence-corrected chi connectivity index (χ2v) is 8.64. The maximum Gasteiger partial charge on any atom is 0.250 e. The van der Waals surface area contributed by atoms with Gasteiger partial charge in [0.25, 0.3) is 5.91 Å². The van der Waals surface area contributed by atoms with Crippen molar-refractivity contribution >= 4 is 11.8 Å². The third-order valence-electron chi connectivity index (χ3n) is 6.88. The number of carbonyl (C=O) groups is 2. The molecule has 0 bridgehead atoms. The topological polar surface area (TPSA) is 79.3 Å². The summed E-state index contributed by atoms with van der Waals surface area (Å²) >= 11 is 0. The molecule has 0 unspecified atom stereocenters. The van der Waals surface area contributed by atoms with Crippen molar-refractivity contribution < 1.29 is 9.59 Å². The molecular formula is C21H33N5O2. The molecule has 0 spiro atoms. The molecule has 0 aromatic carbocycles. The fourth-order valence-corrected chi connectivity index (χ4v) is 5.11. The van der Waals surface area contributed by atoms with E-state index >= 15 is 0 Å². The van der Waals surface area contributed by atoms with Crippen LogP contribution in [0.1, 0.15) is 57.8 Å². The first kappa shape index (κ1) is 19.4. The van der Waals surface area contributed by atoms with Gasteiger partial charge in [0.05, 0.1) is 0 Å². The standard InChI is InChI=1S/C21H33N5O2/c27-19(17-5-2-1-3-6-17)24-18-7-15-25(16-8-18)20(28)21(9-12-22-13-10-21)26-14-4-11-23-26/h4,11,14,17-18,22H,1-3,5-10,12-13,15-16H2,(H,24,27). The molecule has 2 amide bonds. The lowest BCUT2D eigenvalue weighted by Gasteiger charge is -2.42. The fraction of sp³-hybridized carbons (Fsp3) is 0.762. The number of likely N-dealkylation sites (tertiary alicyclic amines) is 1. The van der Waals surface area contributed by atoms with Gasteiger partial charge >= 0.3 is 0 Å². The van der Waals surface area contributed by atoms with Crippen molar-refractivity contribution in [3.63, 3.8) is 0 Å². The van der Waals surface area contributed by atoms with Crippen molar-refractivity contribution in [1.82, 2.24) is 25.3 Å². The lowest BCUT2D eigenvalue weighted by molar-refractivity contribution is -0.144. The molecule has 1 aromatic rings. The Morgan fingerprint density at radius 2 is 1.75 bits per heavy atom. The Hall–Kier alpha value is -1.89. The van der Waals surface area contributed by atoms with Gasteiger partial charge < -0.3 is 15.5 Å². The highest BCUT2D eigenvalue weighted by atomic mass is 16.2. The number of aromatic nitrogens is 2. The van der Waals surface area contributed by atoms with E-state index in [-0.39, 0.29) is 23.8 Å². The highest BCUT2D eigenvalue weighted by molar-refractivity contribution is 5.85. The molecule has 2 saturated heterocycles. The number of nitrogens with zero attached hydrogens (tertiary/aromatic N) is 3. The number of carbonyl (C=O) groups excluding carboxylic acids is 2. The monoisotopic (exact) mass is 387 g/mol. The molecule has 0 radical (unpaired) electrons. The van der Waals surface area contributed by atoms with Gasteiger partial charge in [-0.3, -0.25) is 14.3 Å². The predicted molar refractivity (Wildman–Crippen MR) is 107 cm³/mol. The van der Waals surface area contributed by atoms with Crippen LogP contribution in [0.2, 0.25) is 0 Å². The van der Waals surface area contributed by atoms with E-state index in [2.05, 4.69) is 15.7 Å². The van der Waals surface area contributed by atoms with Crippen LogP contribution in [0.3, 0.4) is 0 Å². The van der Waals surface area contributed by atoms with Crippen LogP contribution in [0, 0.1) is 5.92 Å². The van der Waals surface area contributed by atoms with Crippen LogP contribution in [0.15, 0.2) is 18.5 Å². The van der Waals surface area contributed by atoms with Crippen LogP contribution in [-0.2, 0) is 15.1 Å². The number of nitrogens with one attached hydrogen (secondary N) is 2. The van der Waals surface area contributed by atoms with E-state index in [0.29, 0.717) is 13.1 Å². The first-order valence-corrected chi connectivity index (χ1v) is 11.0. The van der Waals surface area contributed by atoms with Gasteiger partial charge in [0.15, 0.2) is 0 Å². The average Bonchev–Trinajstić information content (AvgIpc) is 3.30. The van der Waals surface area contributed by atoms with E-state index in [0.717, 1.165) is 51.6 Å². The normalized spacial score (nSPS) is 24.1. The van der Waals surface area contributed by atoms with Gasteiger partial charge in [-0.15, -0.1) is 0 Å². The molecule has 1 saturated carbocycles. The zero-order valence-corrected chi connectivity index (χ0v) is 16.7. The molecule has 3 fully saturated rings. The SMILES string of the molecule is O=C(NC1CCN(C(=O)C2(n3cccn3)CCNCC2)CC1)C1CCCCC1. The van der Waals surface area contributed by atoms with Crippen molar-refractivity contribution in [2.24, 2.45) is 5.92 Å². The minimum Gasteiger partial charge on any atom is -0.353 e. The minimum atomic E-state index is -0.563. The van der Waals surface area contributed by atoms with Crippen molar-refractivity contribution in [3.8, 4) is 0 Å². The summed E-state index contributed by atoms with van der Waals surface area (Å²) in [6.07, 6.45) is 12.6. The average molecular weight is 388 g/mol. The maximum absolute atomic E-state index is 13.5. The Bertz CT molecular complexity index is 654. The van der Waals surface area contributed by atoms with Gasteiger partial charge in [-0.25, -0.2) is 0 Å². The van der Waals surface area contributed by atoms with Crippen molar-refractivity contribution in [1.29, 1.82) is 0 Å². The molecule has 0 atom stereocenters. The molecule has 154 valence electrons. The van der Waals surface area contributed by atoms with Crippen LogP contribution < -0.4 is 10.6 Å². The van der Waals surface area contributed by atoms with Gasteiger partial charge in [-0.05, 0) is 57.7 Å². The summed E-state index contributed by atoms with van der Waals surface area (Å²) in [4.78, 5) is 28.0. The third-order valence-corrected chi connectivity index (χ3v) is 6.88. The largest absolute Gasteiger partial charge is 0.353 e. The van der Waals surface area contributed by atoms with E-state index in [1.165, 1.54) is 19.3 Å². The summed E-state index contributed by atoms with van der Waals surface area (Å²) in [5.74, 6) is 0.622. The minimum absolute atomic E-state index is 0.190. The number of amides is 2. The van der Waals surface area contributed by atoms with Crippen molar-refractivity contribution in [3.05, 3.63) is 18.5 Å². The van der Waals surface area contributed by atoms with Crippen LogP contribution in [0.5, 0.6) is 0 Å². The van der Waals surface area contributed by atoms with E-state index in [9.17, 15) is 9.59 Å². The second-order valence-electron chi connectivity index (χ2n) is 8.64. The molecule has 2 N–H and O–H groups in total. The highest BCUT2D eigenvalue weighted by Gasteiger charge is 2.45. The van der Waals surface area contributed by atoms with E-state index in [1.54, 1.807) is 6.20 Å². The lowest BCUT2D eigenvalue weighted by Crippen LogP contribution is -2.58. The summed E-state index contributed by atoms with van der Waals surface area (Å²) < 4.78 is 1.87. The Kier molecular flexibility index (Phi) is 5.99. The van der Waals surface area contributed by atoms with Crippen LogP contribution in [-0.4, -0.2) is 58.7 Å². The Morgan fingerprint density at radius 3 is 2.39 bits per heavy atom. The van der Waals surface area contributed by atoms with Gasteiger partial charge in [0.1, 0.15) is 5.54 Å². The predicted octanol–water partition coefficient (Wildman–Crippen LogP) is 1.65. The molecule has 7 heteroatoms. The second kappa shape index (κ2) is 8.64. The molecule has 2 aliphatic heterocycles. The number of hydrogen-bond donors (Lipinski definition) is 2. The third kappa shape index (κ3) is 3.95. The number of hydrogen-bond acceptors (Lipinski definition) is 4. The first-order chi connectivity index (χ1) is 13.7. The zero-order chi connectivity index (χ0) is 19.4. The maximum atomic E-state index is 13.5. The summed E-state index contributed by atoms with van der Waals surface area (Å²) in [6.45, 7) is 3.09. The van der Waals surface area contributed by atoms with Gasteiger partial charge in [0, 0.05) is 37.4 Å².